The summed E-state index contributed by atoms with van der Waals surface area (Å²) in [6, 6.07) is 19.9. The predicted octanol–water partition coefficient (Wildman–Crippen LogP) is 4.15. The van der Waals surface area contributed by atoms with Crippen LogP contribution in [0, 0.1) is 0 Å². The molecular weight excluding hydrogens is 286 g/mol. The van der Waals surface area contributed by atoms with Gasteiger partial charge in [-0.3, -0.25) is 9.36 Å². The Morgan fingerprint density at radius 1 is 0.957 bits per heavy atom. The minimum Gasteiger partial charge on any atom is -0.287 e. The van der Waals surface area contributed by atoms with E-state index in [2.05, 4.69) is 5.10 Å². The second-order valence-corrected chi connectivity index (χ2v) is 5.41. The van der Waals surface area contributed by atoms with Crippen molar-refractivity contribution in [1.29, 1.82) is 0 Å². The van der Waals surface area contributed by atoms with Crippen molar-refractivity contribution in [3.8, 4) is 16.9 Å². The van der Waals surface area contributed by atoms with E-state index in [0.717, 1.165) is 27.8 Å². The largest absolute Gasteiger partial charge is 0.287 e. The summed E-state index contributed by atoms with van der Waals surface area (Å²) < 4.78 is 3.58. The minimum atomic E-state index is -0.00164. The maximum atomic E-state index is 11.9. The third-order valence-corrected chi connectivity index (χ3v) is 3.97. The highest BCUT2D eigenvalue weighted by Crippen LogP contribution is 2.31. The first-order valence-corrected chi connectivity index (χ1v) is 7.46. The minimum absolute atomic E-state index is 0.00164. The van der Waals surface area contributed by atoms with E-state index >= 15 is 0 Å². The third kappa shape index (κ3) is 2.16. The standard InChI is InChI=1S/C19H15N3O/c1-14(23)21-13-17(16-9-5-6-10-18(16)21)19-11-12-20-22(19)15-7-3-2-4-8-15/h2-13H,1H3. The summed E-state index contributed by atoms with van der Waals surface area (Å²) in [5.74, 6) is -0.00164. The molecule has 0 N–H and O–H groups in total. The van der Waals surface area contributed by atoms with Gasteiger partial charge in [0.05, 0.1) is 23.1 Å². The van der Waals surface area contributed by atoms with E-state index < -0.39 is 0 Å². The first kappa shape index (κ1) is 13.5. The molecule has 112 valence electrons. The number of para-hydroxylation sites is 2. The van der Waals surface area contributed by atoms with E-state index in [4.69, 9.17) is 0 Å². The van der Waals surface area contributed by atoms with E-state index in [1.54, 1.807) is 17.7 Å². The monoisotopic (exact) mass is 301 g/mol. The number of hydrogen-bond acceptors (Lipinski definition) is 2. The van der Waals surface area contributed by atoms with Crippen molar-refractivity contribution in [3.63, 3.8) is 0 Å². The van der Waals surface area contributed by atoms with E-state index in [9.17, 15) is 4.79 Å². The fourth-order valence-electron chi connectivity index (χ4n) is 2.93. The zero-order chi connectivity index (χ0) is 15.8. The van der Waals surface area contributed by atoms with Gasteiger partial charge >= 0.3 is 0 Å². The maximum absolute atomic E-state index is 11.9. The number of hydrogen-bond donors (Lipinski definition) is 0. The molecule has 4 rings (SSSR count). The van der Waals surface area contributed by atoms with Crippen molar-refractivity contribution in [2.75, 3.05) is 0 Å². The summed E-state index contributed by atoms with van der Waals surface area (Å²) in [6.45, 7) is 1.57. The summed E-state index contributed by atoms with van der Waals surface area (Å²) in [5.41, 5.74) is 3.87. The molecule has 2 heterocycles. The van der Waals surface area contributed by atoms with E-state index in [1.165, 1.54) is 0 Å². The van der Waals surface area contributed by atoms with Gasteiger partial charge in [0.1, 0.15) is 0 Å². The molecule has 4 heteroatoms. The molecule has 0 bridgehead atoms. The van der Waals surface area contributed by atoms with Crippen LogP contribution in [0.25, 0.3) is 27.8 Å². The summed E-state index contributed by atoms with van der Waals surface area (Å²) in [4.78, 5) is 11.9. The Balaban J connectivity index is 1.99. The summed E-state index contributed by atoms with van der Waals surface area (Å²) in [6.07, 6.45) is 3.67. The molecule has 0 aliphatic heterocycles. The molecular formula is C19H15N3O. The first-order valence-electron chi connectivity index (χ1n) is 7.46. The van der Waals surface area contributed by atoms with Crippen molar-refractivity contribution >= 4 is 16.8 Å². The van der Waals surface area contributed by atoms with E-state index in [1.807, 2.05) is 71.5 Å². The number of rotatable bonds is 2. The van der Waals surface area contributed by atoms with Gasteiger partial charge in [0, 0.05) is 24.1 Å². The fraction of sp³-hybridized carbons (Fsp3) is 0.0526. The number of carbonyl (C=O) groups excluding carboxylic acids is 1. The normalized spacial score (nSPS) is 11.0. The van der Waals surface area contributed by atoms with Crippen LogP contribution in [0.15, 0.2) is 73.1 Å². The van der Waals surface area contributed by atoms with Gasteiger partial charge in [0.15, 0.2) is 0 Å². The average molecular weight is 301 g/mol. The first-order chi connectivity index (χ1) is 11.3. The number of nitrogens with zero attached hydrogens (tertiary/aromatic N) is 3. The van der Waals surface area contributed by atoms with Crippen LogP contribution >= 0.6 is 0 Å². The number of carbonyl (C=O) groups is 1. The van der Waals surface area contributed by atoms with Gasteiger partial charge in [-0.05, 0) is 24.3 Å². The lowest BCUT2D eigenvalue weighted by molar-refractivity contribution is 0.0942. The lowest BCUT2D eigenvalue weighted by Crippen LogP contribution is -2.03. The van der Waals surface area contributed by atoms with E-state index in [0.29, 0.717) is 0 Å². The molecule has 0 aliphatic carbocycles. The van der Waals surface area contributed by atoms with Crippen LogP contribution < -0.4 is 0 Å². The quantitative estimate of drug-likeness (QED) is 0.558. The van der Waals surface area contributed by atoms with Crippen molar-refractivity contribution in [3.05, 3.63) is 73.1 Å². The lowest BCUT2D eigenvalue weighted by atomic mass is 10.1. The zero-order valence-corrected chi connectivity index (χ0v) is 12.7. The molecule has 0 saturated heterocycles. The Hall–Kier alpha value is -3.14. The van der Waals surface area contributed by atoms with Gasteiger partial charge in [-0.1, -0.05) is 36.4 Å². The second-order valence-electron chi connectivity index (χ2n) is 5.41. The highest BCUT2D eigenvalue weighted by atomic mass is 16.1. The molecule has 0 aliphatic rings. The van der Waals surface area contributed by atoms with Gasteiger partial charge in [0.25, 0.3) is 0 Å². The molecule has 23 heavy (non-hydrogen) atoms. The molecule has 0 fully saturated rings. The Morgan fingerprint density at radius 3 is 2.48 bits per heavy atom. The maximum Gasteiger partial charge on any atom is 0.227 e. The smallest absolute Gasteiger partial charge is 0.227 e. The Morgan fingerprint density at radius 2 is 1.70 bits per heavy atom. The SMILES string of the molecule is CC(=O)n1cc(-c2ccnn2-c2ccccc2)c2ccccc21. The molecule has 0 saturated carbocycles. The van der Waals surface area contributed by atoms with Gasteiger partial charge < -0.3 is 0 Å². The van der Waals surface area contributed by atoms with Gasteiger partial charge in [0.2, 0.25) is 5.91 Å². The highest BCUT2D eigenvalue weighted by molar-refractivity contribution is 6.01. The molecule has 2 aromatic heterocycles. The number of benzene rings is 2. The van der Waals surface area contributed by atoms with E-state index in [-0.39, 0.29) is 5.91 Å². The Kier molecular flexibility index (Phi) is 3.08. The summed E-state index contributed by atoms with van der Waals surface area (Å²) in [7, 11) is 0. The Bertz CT molecular complexity index is 996. The molecule has 0 amide bonds. The van der Waals surface area contributed by atoms with Gasteiger partial charge in [-0.15, -0.1) is 0 Å². The van der Waals surface area contributed by atoms with Crippen molar-refractivity contribution < 1.29 is 4.79 Å². The van der Waals surface area contributed by atoms with Crippen LogP contribution in [0.3, 0.4) is 0 Å². The van der Waals surface area contributed by atoms with Crippen LogP contribution in [0.4, 0.5) is 0 Å². The molecule has 0 radical (unpaired) electrons. The zero-order valence-electron chi connectivity index (χ0n) is 12.7. The number of fused-ring (bicyclic) bond motifs is 1. The lowest BCUT2D eigenvalue weighted by Gasteiger charge is -2.06. The van der Waals surface area contributed by atoms with Crippen LogP contribution in [-0.4, -0.2) is 20.3 Å². The molecule has 4 aromatic rings. The van der Waals surface area contributed by atoms with Crippen LogP contribution in [0.1, 0.15) is 11.7 Å². The Labute approximate surface area is 133 Å². The number of aromatic nitrogens is 3. The second kappa shape index (κ2) is 5.25. The summed E-state index contributed by atoms with van der Waals surface area (Å²) >= 11 is 0. The fourth-order valence-corrected chi connectivity index (χ4v) is 2.93. The van der Waals surface area contributed by atoms with Crippen molar-refractivity contribution in [2.45, 2.75) is 6.92 Å². The average Bonchev–Trinajstić information content (AvgIpc) is 3.20. The molecule has 0 unspecified atom stereocenters. The van der Waals surface area contributed by atoms with Crippen molar-refractivity contribution in [2.24, 2.45) is 0 Å². The molecule has 0 spiro atoms. The highest BCUT2D eigenvalue weighted by Gasteiger charge is 2.15. The predicted molar refractivity (Wildman–Crippen MR) is 90.8 cm³/mol. The van der Waals surface area contributed by atoms with Crippen molar-refractivity contribution in [1.82, 2.24) is 14.3 Å². The molecule has 0 atom stereocenters. The molecule has 2 aromatic carbocycles. The van der Waals surface area contributed by atoms with Gasteiger partial charge in [-0.25, -0.2) is 4.68 Å². The van der Waals surface area contributed by atoms with Crippen LogP contribution in [-0.2, 0) is 0 Å². The van der Waals surface area contributed by atoms with Crippen LogP contribution in [0.5, 0.6) is 0 Å². The van der Waals surface area contributed by atoms with Crippen LogP contribution in [0.2, 0.25) is 0 Å². The summed E-state index contributed by atoms with van der Waals surface area (Å²) in [5, 5.41) is 5.49. The third-order valence-electron chi connectivity index (χ3n) is 3.97. The topological polar surface area (TPSA) is 39.8 Å². The molecule has 4 nitrogen and oxygen atoms in total. The van der Waals surface area contributed by atoms with Gasteiger partial charge in [-0.2, -0.15) is 5.10 Å².